The summed E-state index contributed by atoms with van der Waals surface area (Å²) in [6.07, 6.45) is 6.47. The number of carboxylic acid groups (broad SMARTS) is 1. The van der Waals surface area contributed by atoms with Gasteiger partial charge in [-0.2, -0.15) is 10.5 Å². The molecule has 296 valence electrons. The molecule has 14 heteroatoms. The molecular weight excluding hydrogens is 730 g/mol. The van der Waals surface area contributed by atoms with Gasteiger partial charge in [-0.25, -0.2) is 0 Å². The number of carboxylic acids is 1. The highest BCUT2D eigenvalue weighted by molar-refractivity contribution is 5.76. The Hall–Kier alpha value is -6.80. The van der Waals surface area contributed by atoms with Gasteiger partial charge in [-0.1, -0.05) is 55.7 Å². The number of aliphatic carboxylic acids is 1. The Balaban J connectivity index is 0.000000261. The molecule has 4 aromatic rings. The molecule has 0 spiro atoms. The number of hydrogen-bond acceptors (Lipinski definition) is 10. The smallest absolute Gasteiger partial charge is 0.303 e. The van der Waals surface area contributed by atoms with Crippen molar-refractivity contribution < 1.29 is 34.0 Å². The fourth-order valence-electron chi connectivity index (χ4n) is 6.58. The number of nitrogens with zero attached hydrogens (tertiary/aromatic N) is 5. The summed E-state index contributed by atoms with van der Waals surface area (Å²) < 4.78 is 11.5. The van der Waals surface area contributed by atoms with Crippen LogP contribution < -0.4 is 9.47 Å². The van der Waals surface area contributed by atoms with Crippen LogP contribution in [0.4, 0.5) is 11.4 Å². The van der Waals surface area contributed by atoms with Gasteiger partial charge in [-0.05, 0) is 87.1 Å². The molecule has 1 amide bonds. The van der Waals surface area contributed by atoms with Crippen molar-refractivity contribution in [1.82, 2.24) is 4.90 Å². The van der Waals surface area contributed by atoms with Gasteiger partial charge >= 0.3 is 5.97 Å². The molecule has 2 unspecified atom stereocenters. The van der Waals surface area contributed by atoms with E-state index in [0.717, 1.165) is 25.7 Å². The Morgan fingerprint density at radius 3 is 1.56 bits per heavy atom. The van der Waals surface area contributed by atoms with Crippen LogP contribution in [-0.4, -0.2) is 44.8 Å². The molecule has 0 aromatic heterocycles. The number of para-hydroxylation sites is 2. The van der Waals surface area contributed by atoms with E-state index in [2.05, 4.69) is 6.07 Å². The second kappa shape index (κ2) is 21.9. The number of ether oxygens (including phenoxy) is 2. The Kier molecular flexibility index (Phi) is 16.5. The maximum atomic E-state index is 12.6. The molecule has 0 aliphatic heterocycles. The summed E-state index contributed by atoms with van der Waals surface area (Å²) in [5, 5.41) is 50.3. The number of nitro benzene ring substituents is 2. The van der Waals surface area contributed by atoms with Crippen LogP contribution in [0.3, 0.4) is 0 Å². The van der Waals surface area contributed by atoms with Crippen molar-refractivity contribution in [2.75, 3.05) is 7.05 Å². The van der Waals surface area contributed by atoms with Gasteiger partial charge < -0.3 is 19.5 Å². The lowest BCUT2D eigenvalue weighted by Gasteiger charge is -2.31. The molecule has 0 heterocycles. The molecule has 0 bridgehead atoms. The van der Waals surface area contributed by atoms with Gasteiger partial charge in [0.2, 0.25) is 5.91 Å². The normalized spacial score (nSPS) is 13.3. The summed E-state index contributed by atoms with van der Waals surface area (Å²) in [6.45, 7) is 0. The minimum Gasteiger partial charge on any atom is -0.481 e. The third-order valence-corrected chi connectivity index (χ3v) is 9.68. The van der Waals surface area contributed by atoms with E-state index >= 15 is 0 Å². The van der Waals surface area contributed by atoms with Crippen LogP contribution in [0.2, 0.25) is 0 Å². The van der Waals surface area contributed by atoms with E-state index in [1.54, 1.807) is 48.5 Å². The molecule has 1 N–H and O–H groups in total. The topological polar surface area (TPSA) is 210 Å². The summed E-state index contributed by atoms with van der Waals surface area (Å²) >= 11 is 0. The number of carbonyl (C=O) groups excluding carboxylic acids is 1. The molecule has 0 radical (unpaired) electrons. The quantitative estimate of drug-likeness (QED) is 0.0788. The molecule has 5 rings (SSSR count). The first-order chi connectivity index (χ1) is 27.5. The maximum absolute atomic E-state index is 12.6. The minimum atomic E-state index is -1.00. The van der Waals surface area contributed by atoms with Gasteiger partial charge in [-0.3, -0.25) is 29.8 Å². The van der Waals surface area contributed by atoms with Gasteiger partial charge in [0.15, 0.2) is 0 Å². The summed E-state index contributed by atoms with van der Waals surface area (Å²) in [6, 6.07) is 31.6. The third-order valence-electron chi connectivity index (χ3n) is 9.68. The molecule has 0 saturated heterocycles. The Bertz CT molecular complexity index is 2060. The minimum absolute atomic E-state index is 0.0350. The van der Waals surface area contributed by atoms with E-state index in [-0.39, 0.29) is 55.4 Å². The van der Waals surface area contributed by atoms with Crippen molar-refractivity contribution in [1.29, 1.82) is 10.5 Å². The number of amides is 1. The molecule has 1 saturated carbocycles. The van der Waals surface area contributed by atoms with Crippen molar-refractivity contribution >= 4 is 23.3 Å². The highest BCUT2D eigenvalue weighted by Crippen LogP contribution is 2.32. The fraction of sp³-hybridized carbons (Fsp3) is 0.349. The second-order valence-electron chi connectivity index (χ2n) is 13.8. The van der Waals surface area contributed by atoms with Crippen LogP contribution >= 0.6 is 0 Å². The van der Waals surface area contributed by atoms with Gasteiger partial charge in [0.1, 0.15) is 23.0 Å². The van der Waals surface area contributed by atoms with Crippen LogP contribution in [0.15, 0.2) is 97.1 Å². The van der Waals surface area contributed by atoms with Crippen molar-refractivity contribution in [3.05, 3.63) is 128 Å². The van der Waals surface area contributed by atoms with Crippen LogP contribution in [0.25, 0.3) is 0 Å². The summed E-state index contributed by atoms with van der Waals surface area (Å²) in [5.74, 6) is 0.0173. The molecule has 2 atom stereocenters. The fourth-order valence-corrected chi connectivity index (χ4v) is 6.58. The first kappa shape index (κ1) is 42.9. The van der Waals surface area contributed by atoms with Gasteiger partial charge in [0.25, 0.3) is 11.4 Å². The molecule has 14 nitrogen and oxygen atoms in total. The Labute approximate surface area is 331 Å². The van der Waals surface area contributed by atoms with Gasteiger partial charge in [-0.15, -0.1) is 0 Å². The third kappa shape index (κ3) is 13.8. The zero-order valence-corrected chi connectivity index (χ0v) is 31.7. The zero-order valence-electron chi connectivity index (χ0n) is 31.7. The lowest BCUT2D eigenvalue weighted by Crippen LogP contribution is -2.38. The van der Waals surface area contributed by atoms with E-state index in [9.17, 15) is 40.3 Å². The first-order valence-electron chi connectivity index (χ1n) is 18.7. The van der Waals surface area contributed by atoms with E-state index in [4.69, 9.17) is 14.6 Å². The van der Waals surface area contributed by atoms with Crippen molar-refractivity contribution in [2.24, 2.45) is 11.8 Å². The number of rotatable bonds is 17. The Morgan fingerprint density at radius 1 is 0.719 bits per heavy atom. The zero-order chi connectivity index (χ0) is 41.2. The number of hydrogen-bond donors (Lipinski definition) is 1. The largest absolute Gasteiger partial charge is 0.481 e. The van der Waals surface area contributed by atoms with Crippen LogP contribution in [0, 0.1) is 54.7 Å². The first-order valence-corrected chi connectivity index (χ1v) is 18.7. The van der Waals surface area contributed by atoms with E-state index in [1.807, 2.05) is 42.3 Å². The highest BCUT2D eigenvalue weighted by atomic mass is 16.6. The number of benzene rings is 4. The number of nitro groups is 2. The Morgan fingerprint density at radius 2 is 1.16 bits per heavy atom. The highest BCUT2D eigenvalue weighted by Gasteiger charge is 2.25. The summed E-state index contributed by atoms with van der Waals surface area (Å²) in [7, 11) is 1.84. The standard InChI is InChI=1S/C25H29N3O4.C18H16N2O5/c1-27(21-8-4-2-5-9-21)25(29)15-12-19(18-26)16-20-17-23(13-14-24(20)28(30)31)32-22-10-6-3-7-11-22;19-12-13(6-9-18(21)22)10-14-11-16(7-8-17(14)20(23)24)25-15-4-2-1-3-5-15/h3,6-7,10-11,13-14,17,19,21H,2,4-5,8-9,12,15-16H2,1H3;1-5,7-8,11,13H,6,9-10H2,(H,21,22). The van der Waals surface area contributed by atoms with E-state index in [1.165, 1.54) is 30.7 Å². The van der Waals surface area contributed by atoms with E-state index < -0.39 is 27.7 Å². The van der Waals surface area contributed by atoms with Gasteiger partial charge in [0, 0.05) is 49.2 Å². The SMILES string of the molecule is CN(C(=O)CCC(C#N)Cc1cc(Oc2ccccc2)ccc1[N+](=O)[O-])C1CCCCC1.N#CC(CCC(=O)O)Cc1cc(Oc2ccccc2)ccc1[N+](=O)[O-]. The van der Waals surface area contributed by atoms with Gasteiger partial charge in [0.05, 0.1) is 33.8 Å². The lowest BCUT2D eigenvalue weighted by atomic mass is 9.93. The molecule has 1 aliphatic rings. The molecule has 57 heavy (non-hydrogen) atoms. The van der Waals surface area contributed by atoms with Crippen LogP contribution in [-0.2, 0) is 22.4 Å². The maximum Gasteiger partial charge on any atom is 0.303 e. The average molecular weight is 776 g/mol. The predicted molar refractivity (Wildman–Crippen MR) is 211 cm³/mol. The lowest BCUT2D eigenvalue weighted by molar-refractivity contribution is -0.385. The predicted octanol–water partition coefficient (Wildman–Crippen LogP) is 9.57. The number of carbonyl (C=O) groups is 2. The van der Waals surface area contributed by atoms with Crippen molar-refractivity contribution in [3.63, 3.8) is 0 Å². The number of nitriles is 2. The summed E-state index contributed by atoms with van der Waals surface area (Å²) in [5.41, 5.74) is 0.616. The molecule has 1 fully saturated rings. The van der Waals surface area contributed by atoms with E-state index in [0.29, 0.717) is 40.5 Å². The van der Waals surface area contributed by atoms with Crippen molar-refractivity contribution in [3.8, 4) is 35.1 Å². The summed E-state index contributed by atoms with van der Waals surface area (Å²) in [4.78, 5) is 46.9. The molecule has 4 aromatic carbocycles. The molecular formula is C43H45N5O9. The molecule has 1 aliphatic carbocycles. The van der Waals surface area contributed by atoms with Crippen LogP contribution in [0.1, 0.15) is 68.9 Å². The monoisotopic (exact) mass is 775 g/mol. The second-order valence-corrected chi connectivity index (χ2v) is 13.8. The van der Waals surface area contributed by atoms with Crippen molar-refractivity contribution in [2.45, 2.75) is 76.7 Å². The average Bonchev–Trinajstić information content (AvgIpc) is 3.21. The van der Waals surface area contributed by atoms with Crippen LogP contribution in [0.5, 0.6) is 23.0 Å².